The summed E-state index contributed by atoms with van der Waals surface area (Å²) < 4.78 is 0. The van der Waals surface area contributed by atoms with E-state index in [0.29, 0.717) is 5.82 Å². The maximum Gasteiger partial charge on any atom is 0.326 e. The van der Waals surface area contributed by atoms with E-state index < -0.39 is 24.1 Å². The molecule has 0 aromatic carbocycles. The van der Waals surface area contributed by atoms with Crippen LogP contribution in [0.5, 0.6) is 0 Å². The monoisotopic (exact) mass is 253 g/mol. The molecule has 4 N–H and O–H groups in total. The van der Waals surface area contributed by atoms with Gasteiger partial charge in [-0.05, 0) is 13.3 Å². The quantitative estimate of drug-likeness (QED) is 0.539. The summed E-state index contributed by atoms with van der Waals surface area (Å²) in [5.74, 6) is -0.627. The molecule has 1 heterocycles. The lowest BCUT2D eigenvalue weighted by Crippen LogP contribution is -2.46. The summed E-state index contributed by atoms with van der Waals surface area (Å²) >= 11 is 0. The van der Waals surface area contributed by atoms with Gasteiger partial charge in [0.05, 0.1) is 6.04 Å². The number of carbonyl (C=O) groups excluding carboxylic acids is 1. The molecule has 2 atom stereocenters. The minimum Gasteiger partial charge on any atom is -0.480 e. The Labute approximate surface area is 103 Å². The molecule has 0 spiro atoms. The summed E-state index contributed by atoms with van der Waals surface area (Å²) in [6.45, 7) is 5.13. The van der Waals surface area contributed by atoms with Crippen LogP contribution in [0.3, 0.4) is 0 Å². The molecule has 1 rings (SSSR count). The molecular weight excluding hydrogens is 238 g/mol. The zero-order valence-electron chi connectivity index (χ0n) is 9.88. The number of aromatic amines is 1. The molecule has 0 fully saturated rings. The van der Waals surface area contributed by atoms with E-state index >= 15 is 0 Å². The third kappa shape index (κ3) is 3.89. The number of nitrogens with zero attached hydrogens (tertiary/aromatic N) is 2. The number of hydrogen-bond acceptors (Lipinski definition) is 4. The first-order valence-electron chi connectivity index (χ1n) is 5.30. The van der Waals surface area contributed by atoms with Gasteiger partial charge in [0.15, 0.2) is 0 Å². The van der Waals surface area contributed by atoms with Crippen LogP contribution in [0.25, 0.3) is 0 Å². The number of aromatic nitrogens is 3. The van der Waals surface area contributed by atoms with Crippen molar-refractivity contribution in [3.05, 3.63) is 24.8 Å². The van der Waals surface area contributed by atoms with E-state index in [2.05, 4.69) is 32.4 Å². The van der Waals surface area contributed by atoms with Crippen molar-refractivity contribution < 1.29 is 14.7 Å². The third-order valence-corrected chi connectivity index (χ3v) is 2.20. The van der Waals surface area contributed by atoms with Crippen LogP contribution < -0.4 is 10.6 Å². The molecule has 8 nitrogen and oxygen atoms in total. The van der Waals surface area contributed by atoms with E-state index in [-0.39, 0.29) is 6.42 Å². The van der Waals surface area contributed by atoms with Gasteiger partial charge in [-0.25, -0.2) is 14.6 Å². The number of carbonyl (C=O) groups is 2. The number of hydrogen-bond donors (Lipinski definition) is 4. The average Bonchev–Trinajstić information content (AvgIpc) is 2.81. The number of carboxylic acid groups (broad SMARTS) is 1. The highest BCUT2D eigenvalue weighted by Gasteiger charge is 2.19. The second-order valence-corrected chi connectivity index (χ2v) is 3.63. The maximum atomic E-state index is 11.6. The van der Waals surface area contributed by atoms with Crippen LogP contribution in [0, 0.1) is 0 Å². The van der Waals surface area contributed by atoms with E-state index in [0.717, 1.165) is 0 Å². The number of H-pyrrole nitrogens is 1. The molecule has 0 bridgehead atoms. The molecule has 2 amide bonds. The molecular formula is C10H15N5O3. The molecule has 0 saturated carbocycles. The molecule has 1 aromatic rings. The van der Waals surface area contributed by atoms with Crippen molar-refractivity contribution in [1.29, 1.82) is 0 Å². The number of rotatable bonds is 6. The SMILES string of the molecule is C=CCC(NC(=O)NC(C)c1ncn[nH]1)C(=O)O. The molecule has 18 heavy (non-hydrogen) atoms. The fourth-order valence-corrected chi connectivity index (χ4v) is 1.28. The fraction of sp³-hybridized carbons (Fsp3) is 0.400. The van der Waals surface area contributed by atoms with Crippen molar-refractivity contribution in [1.82, 2.24) is 25.8 Å². The zero-order valence-corrected chi connectivity index (χ0v) is 9.88. The van der Waals surface area contributed by atoms with Crippen molar-refractivity contribution in [2.45, 2.75) is 25.4 Å². The third-order valence-electron chi connectivity index (χ3n) is 2.20. The predicted octanol–water partition coefficient (Wildman–Crippen LogP) is 0.194. The second-order valence-electron chi connectivity index (χ2n) is 3.63. The Balaban J connectivity index is 2.50. The fourth-order valence-electron chi connectivity index (χ4n) is 1.28. The van der Waals surface area contributed by atoms with Crippen LogP contribution >= 0.6 is 0 Å². The first kappa shape index (κ1) is 13.7. The van der Waals surface area contributed by atoms with Gasteiger partial charge < -0.3 is 15.7 Å². The number of aliphatic carboxylic acids is 1. The number of nitrogens with one attached hydrogen (secondary N) is 3. The highest BCUT2D eigenvalue weighted by atomic mass is 16.4. The predicted molar refractivity (Wildman–Crippen MR) is 62.7 cm³/mol. The van der Waals surface area contributed by atoms with E-state index in [1.165, 1.54) is 12.4 Å². The van der Waals surface area contributed by atoms with Crippen molar-refractivity contribution in [3.63, 3.8) is 0 Å². The van der Waals surface area contributed by atoms with Crippen LogP contribution in [0.4, 0.5) is 4.79 Å². The number of carboxylic acids is 1. The molecule has 0 aliphatic carbocycles. The first-order chi connectivity index (χ1) is 8.54. The lowest BCUT2D eigenvalue weighted by atomic mass is 10.2. The molecule has 0 radical (unpaired) electrons. The molecule has 98 valence electrons. The van der Waals surface area contributed by atoms with E-state index in [1.54, 1.807) is 6.92 Å². The second kappa shape index (κ2) is 6.38. The highest BCUT2D eigenvalue weighted by Crippen LogP contribution is 2.03. The normalized spacial score (nSPS) is 13.4. The van der Waals surface area contributed by atoms with Gasteiger partial charge in [0.2, 0.25) is 0 Å². The number of urea groups is 1. The van der Waals surface area contributed by atoms with E-state index in [1.807, 2.05) is 0 Å². The minimum absolute atomic E-state index is 0.152. The zero-order chi connectivity index (χ0) is 13.5. The Morgan fingerprint density at radius 1 is 1.61 bits per heavy atom. The van der Waals surface area contributed by atoms with Gasteiger partial charge >= 0.3 is 12.0 Å². The average molecular weight is 253 g/mol. The van der Waals surface area contributed by atoms with E-state index in [4.69, 9.17) is 5.11 Å². The molecule has 2 unspecified atom stereocenters. The summed E-state index contributed by atoms with van der Waals surface area (Å²) in [5.41, 5.74) is 0. The summed E-state index contributed by atoms with van der Waals surface area (Å²) in [7, 11) is 0. The maximum absolute atomic E-state index is 11.6. The molecule has 0 aliphatic heterocycles. The van der Waals surface area contributed by atoms with E-state index in [9.17, 15) is 9.59 Å². The topological polar surface area (TPSA) is 120 Å². The van der Waals surface area contributed by atoms with Crippen LogP contribution in [0.2, 0.25) is 0 Å². The summed E-state index contributed by atoms with van der Waals surface area (Å²) in [6, 6.07) is -1.98. The van der Waals surface area contributed by atoms with Gasteiger partial charge in [-0.1, -0.05) is 6.08 Å². The lowest BCUT2D eigenvalue weighted by molar-refractivity contribution is -0.139. The smallest absolute Gasteiger partial charge is 0.326 e. The van der Waals surface area contributed by atoms with Gasteiger partial charge in [0.25, 0.3) is 0 Å². The van der Waals surface area contributed by atoms with Gasteiger partial charge in [-0.15, -0.1) is 6.58 Å². The molecule has 8 heteroatoms. The summed E-state index contributed by atoms with van der Waals surface area (Å²) in [4.78, 5) is 26.3. The summed E-state index contributed by atoms with van der Waals surface area (Å²) in [5, 5.41) is 20.0. The van der Waals surface area contributed by atoms with Gasteiger partial charge in [-0.2, -0.15) is 5.10 Å². The Morgan fingerprint density at radius 2 is 2.33 bits per heavy atom. The van der Waals surface area contributed by atoms with Gasteiger partial charge in [0.1, 0.15) is 18.2 Å². The number of amides is 2. The highest BCUT2D eigenvalue weighted by molar-refractivity contribution is 5.82. The summed E-state index contributed by atoms with van der Waals surface area (Å²) in [6.07, 6.45) is 2.90. The van der Waals surface area contributed by atoms with Crippen molar-refractivity contribution in [2.24, 2.45) is 0 Å². The Hall–Kier alpha value is -2.38. The van der Waals surface area contributed by atoms with Crippen LogP contribution in [0.15, 0.2) is 19.0 Å². The van der Waals surface area contributed by atoms with Crippen molar-refractivity contribution >= 4 is 12.0 Å². The molecule has 1 aromatic heterocycles. The van der Waals surface area contributed by atoms with Crippen LogP contribution in [0.1, 0.15) is 25.2 Å². The lowest BCUT2D eigenvalue weighted by Gasteiger charge is -2.16. The minimum atomic E-state index is -1.11. The van der Waals surface area contributed by atoms with Crippen LogP contribution in [-0.2, 0) is 4.79 Å². The molecule has 0 aliphatic rings. The standard InChI is InChI=1S/C10H15N5O3/c1-3-4-7(9(16)17)14-10(18)13-6(2)8-11-5-12-15-8/h3,5-7H,1,4H2,2H3,(H,16,17)(H,11,12,15)(H2,13,14,18). The van der Waals surface area contributed by atoms with Crippen LogP contribution in [-0.4, -0.2) is 38.3 Å². The Kier molecular flexibility index (Phi) is 4.85. The Bertz CT molecular complexity index is 417. The molecule has 0 saturated heterocycles. The van der Waals surface area contributed by atoms with Gasteiger partial charge in [-0.3, -0.25) is 5.10 Å². The van der Waals surface area contributed by atoms with Crippen molar-refractivity contribution in [2.75, 3.05) is 0 Å². The van der Waals surface area contributed by atoms with Gasteiger partial charge in [0, 0.05) is 0 Å². The van der Waals surface area contributed by atoms with Crippen molar-refractivity contribution in [3.8, 4) is 0 Å². The first-order valence-corrected chi connectivity index (χ1v) is 5.30. The Morgan fingerprint density at radius 3 is 2.83 bits per heavy atom. The largest absolute Gasteiger partial charge is 0.480 e.